The smallest absolute Gasteiger partial charge is 0.210 e. The molecule has 2 aromatic carbocycles. The highest BCUT2D eigenvalue weighted by Crippen LogP contribution is 2.25. The Balaban J connectivity index is 2.45. The minimum absolute atomic E-state index is 0.0591. The molecule has 0 aromatic heterocycles. The van der Waals surface area contributed by atoms with E-state index in [1.165, 1.54) is 12.1 Å². The summed E-state index contributed by atoms with van der Waals surface area (Å²) in [6, 6.07) is 15.9. The van der Waals surface area contributed by atoms with Crippen LogP contribution in [0.1, 0.15) is 5.56 Å². The van der Waals surface area contributed by atoms with Gasteiger partial charge in [0.05, 0.1) is 16.5 Å². The van der Waals surface area contributed by atoms with Gasteiger partial charge >= 0.3 is 0 Å². The molecule has 0 fully saturated rings. The Labute approximate surface area is 129 Å². The van der Waals surface area contributed by atoms with E-state index in [4.69, 9.17) is 11.6 Å². The lowest BCUT2D eigenvalue weighted by atomic mass is 10.0. The SMILES string of the molecule is N#Cc1cc(S(=O)(=O)NCCCl)ccc1-c1ccccc1. The van der Waals surface area contributed by atoms with E-state index in [1.807, 2.05) is 36.4 Å². The summed E-state index contributed by atoms with van der Waals surface area (Å²) in [7, 11) is -3.64. The van der Waals surface area contributed by atoms with Crippen molar-refractivity contribution in [3.8, 4) is 17.2 Å². The largest absolute Gasteiger partial charge is 0.240 e. The average Bonchev–Trinajstić information content (AvgIpc) is 2.53. The molecule has 1 N–H and O–H groups in total. The van der Waals surface area contributed by atoms with Crippen molar-refractivity contribution in [3.63, 3.8) is 0 Å². The maximum atomic E-state index is 12.0. The number of nitrogens with zero attached hydrogens (tertiary/aromatic N) is 1. The highest BCUT2D eigenvalue weighted by Gasteiger charge is 2.16. The van der Waals surface area contributed by atoms with E-state index in [-0.39, 0.29) is 17.3 Å². The zero-order valence-electron chi connectivity index (χ0n) is 11.1. The van der Waals surface area contributed by atoms with E-state index < -0.39 is 10.0 Å². The van der Waals surface area contributed by atoms with Crippen LogP contribution in [0.3, 0.4) is 0 Å². The molecule has 0 bridgehead atoms. The molecule has 0 aliphatic rings. The second-order valence-electron chi connectivity index (χ2n) is 4.27. The van der Waals surface area contributed by atoms with Gasteiger partial charge in [0, 0.05) is 12.4 Å². The minimum Gasteiger partial charge on any atom is -0.210 e. The fourth-order valence-electron chi connectivity index (χ4n) is 1.91. The second kappa shape index (κ2) is 6.72. The van der Waals surface area contributed by atoms with E-state index in [0.717, 1.165) is 5.56 Å². The van der Waals surface area contributed by atoms with Crippen LogP contribution < -0.4 is 4.72 Å². The van der Waals surface area contributed by atoms with Gasteiger partial charge in [-0.1, -0.05) is 36.4 Å². The van der Waals surface area contributed by atoms with Crippen molar-refractivity contribution in [2.24, 2.45) is 0 Å². The average molecular weight is 321 g/mol. The van der Waals surface area contributed by atoms with Crippen LogP contribution in [0.15, 0.2) is 53.4 Å². The van der Waals surface area contributed by atoms with Crippen LogP contribution in [0.4, 0.5) is 0 Å². The van der Waals surface area contributed by atoms with Gasteiger partial charge in [-0.2, -0.15) is 5.26 Å². The molecule has 0 saturated carbocycles. The summed E-state index contributed by atoms with van der Waals surface area (Å²) in [6.07, 6.45) is 0. The predicted octanol–water partition coefficient (Wildman–Crippen LogP) is 2.74. The summed E-state index contributed by atoms with van der Waals surface area (Å²) in [5, 5.41) is 9.26. The molecule has 0 aliphatic heterocycles. The van der Waals surface area contributed by atoms with E-state index in [1.54, 1.807) is 6.07 Å². The normalized spacial score (nSPS) is 11.0. The molecule has 108 valence electrons. The number of hydrogen-bond donors (Lipinski definition) is 1. The summed E-state index contributed by atoms with van der Waals surface area (Å²) in [6.45, 7) is 0.145. The van der Waals surface area contributed by atoms with Crippen molar-refractivity contribution in [2.75, 3.05) is 12.4 Å². The molecule has 0 heterocycles. The lowest BCUT2D eigenvalue weighted by molar-refractivity contribution is 0.584. The first kappa shape index (κ1) is 15.5. The monoisotopic (exact) mass is 320 g/mol. The van der Waals surface area contributed by atoms with Crippen LogP contribution in [0.2, 0.25) is 0 Å². The van der Waals surface area contributed by atoms with Gasteiger partial charge in [0.2, 0.25) is 10.0 Å². The Morgan fingerprint density at radius 3 is 2.48 bits per heavy atom. The van der Waals surface area contributed by atoms with Gasteiger partial charge in [0.15, 0.2) is 0 Å². The molecule has 0 saturated heterocycles. The van der Waals surface area contributed by atoms with Crippen molar-refractivity contribution in [3.05, 3.63) is 54.1 Å². The lowest BCUT2D eigenvalue weighted by Crippen LogP contribution is -2.25. The van der Waals surface area contributed by atoms with E-state index in [2.05, 4.69) is 4.72 Å². The highest BCUT2D eigenvalue weighted by atomic mass is 35.5. The molecule has 4 nitrogen and oxygen atoms in total. The third-order valence-electron chi connectivity index (χ3n) is 2.89. The van der Waals surface area contributed by atoms with Crippen LogP contribution in [0.5, 0.6) is 0 Å². The maximum Gasteiger partial charge on any atom is 0.240 e. The number of halogens is 1. The van der Waals surface area contributed by atoms with Gasteiger partial charge in [-0.15, -0.1) is 11.6 Å². The number of nitrogens with one attached hydrogen (secondary N) is 1. The first-order valence-corrected chi connectivity index (χ1v) is 8.25. The van der Waals surface area contributed by atoms with Crippen LogP contribution in [-0.4, -0.2) is 20.8 Å². The Hall–Kier alpha value is -1.87. The summed E-state index contributed by atoms with van der Waals surface area (Å²) < 4.78 is 26.4. The topological polar surface area (TPSA) is 70.0 Å². The van der Waals surface area contributed by atoms with Gasteiger partial charge < -0.3 is 0 Å². The quantitative estimate of drug-likeness (QED) is 0.861. The first-order valence-electron chi connectivity index (χ1n) is 6.23. The summed E-state index contributed by atoms with van der Waals surface area (Å²) in [5.41, 5.74) is 1.89. The number of alkyl halides is 1. The van der Waals surface area contributed by atoms with Crippen molar-refractivity contribution in [1.82, 2.24) is 4.72 Å². The second-order valence-corrected chi connectivity index (χ2v) is 6.42. The van der Waals surface area contributed by atoms with Crippen LogP contribution in [0, 0.1) is 11.3 Å². The minimum atomic E-state index is -3.64. The zero-order chi connectivity index (χ0) is 15.3. The molecule has 0 aliphatic carbocycles. The van der Waals surface area contributed by atoms with Gasteiger partial charge in [-0.3, -0.25) is 0 Å². The van der Waals surface area contributed by atoms with Crippen LogP contribution in [-0.2, 0) is 10.0 Å². The van der Waals surface area contributed by atoms with Crippen molar-refractivity contribution >= 4 is 21.6 Å². The third kappa shape index (κ3) is 3.61. The van der Waals surface area contributed by atoms with Crippen LogP contribution >= 0.6 is 11.6 Å². The van der Waals surface area contributed by atoms with Crippen molar-refractivity contribution in [1.29, 1.82) is 5.26 Å². The lowest BCUT2D eigenvalue weighted by Gasteiger charge is -2.09. The molecule has 0 amide bonds. The Kier molecular flexibility index (Phi) is 4.97. The fourth-order valence-corrected chi connectivity index (χ4v) is 3.17. The van der Waals surface area contributed by atoms with Crippen molar-refractivity contribution < 1.29 is 8.42 Å². The Bertz CT molecular complexity index is 768. The summed E-state index contributed by atoms with van der Waals surface area (Å²) in [5.74, 6) is 0.187. The molecular formula is C15H13ClN2O2S. The molecule has 0 radical (unpaired) electrons. The molecule has 2 rings (SSSR count). The molecule has 0 spiro atoms. The Morgan fingerprint density at radius 1 is 1.14 bits per heavy atom. The number of sulfonamides is 1. The summed E-state index contributed by atoms with van der Waals surface area (Å²) in [4.78, 5) is 0.0591. The van der Waals surface area contributed by atoms with Gasteiger partial charge in [0.25, 0.3) is 0 Å². The Morgan fingerprint density at radius 2 is 1.86 bits per heavy atom. The van der Waals surface area contributed by atoms with Gasteiger partial charge in [0.1, 0.15) is 0 Å². The molecule has 21 heavy (non-hydrogen) atoms. The fraction of sp³-hybridized carbons (Fsp3) is 0.133. The molecular weight excluding hydrogens is 308 g/mol. The molecule has 0 unspecified atom stereocenters. The third-order valence-corrected chi connectivity index (χ3v) is 4.54. The number of rotatable bonds is 5. The molecule has 2 aromatic rings. The van der Waals surface area contributed by atoms with E-state index >= 15 is 0 Å². The van der Waals surface area contributed by atoms with E-state index in [9.17, 15) is 13.7 Å². The first-order chi connectivity index (χ1) is 10.1. The predicted molar refractivity (Wildman–Crippen MR) is 82.5 cm³/mol. The number of hydrogen-bond acceptors (Lipinski definition) is 3. The van der Waals surface area contributed by atoms with Crippen LogP contribution in [0.25, 0.3) is 11.1 Å². The standard InChI is InChI=1S/C15H13ClN2O2S/c16-8-9-18-21(19,20)14-6-7-15(13(10-14)11-17)12-4-2-1-3-5-12/h1-7,10,18H,8-9H2. The number of nitriles is 1. The van der Waals surface area contributed by atoms with Gasteiger partial charge in [-0.25, -0.2) is 13.1 Å². The van der Waals surface area contributed by atoms with E-state index in [0.29, 0.717) is 11.1 Å². The highest BCUT2D eigenvalue weighted by molar-refractivity contribution is 7.89. The molecule has 6 heteroatoms. The number of benzene rings is 2. The summed E-state index contributed by atoms with van der Waals surface area (Å²) >= 11 is 5.48. The molecule has 0 atom stereocenters. The zero-order valence-corrected chi connectivity index (χ0v) is 12.7. The van der Waals surface area contributed by atoms with Crippen molar-refractivity contribution in [2.45, 2.75) is 4.90 Å². The maximum absolute atomic E-state index is 12.0. The van der Waals surface area contributed by atoms with Gasteiger partial charge in [-0.05, 0) is 23.3 Å².